The molecule has 1 aromatic carbocycles. The third kappa shape index (κ3) is 3.41. The van der Waals surface area contributed by atoms with Gasteiger partial charge in [-0.2, -0.15) is 0 Å². The highest BCUT2D eigenvalue weighted by Crippen LogP contribution is 2.30. The van der Waals surface area contributed by atoms with E-state index in [0.717, 1.165) is 22.8 Å². The van der Waals surface area contributed by atoms with E-state index in [2.05, 4.69) is 29.1 Å². The van der Waals surface area contributed by atoms with E-state index >= 15 is 0 Å². The second-order valence-corrected chi connectivity index (χ2v) is 6.11. The topological polar surface area (TPSA) is 51.2 Å². The van der Waals surface area contributed by atoms with Crippen molar-refractivity contribution >= 4 is 28.8 Å². The minimum absolute atomic E-state index is 0.234. The van der Waals surface area contributed by atoms with Crippen molar-refractivity contribution in [2.75, 3.05) is 6.61 Å². The number of rotatable bonds is 5. The lowest BCUT2D eigenvalue weighted by atomic mass is 10.1. The summed E-state index contributed by atoms with van der Waals surface area (Å²) < 4.78 is 7.30. The van der Waals surface area contributed by atoms with E-state index in [1.54, 1.807) is 0 Å². The highest BCUT2D eigenvalue weighted by molar-refractivity contribution is 6.30. The van der Waals surface area contributed by atoms with Gasteiger partial charge in [-0.25, -0.2) is 4.98 Å². The summed E-state index contributed by atoms with van der Waals surface area (Å²) in [5.41, 5.74) is 2.46. The number of benzene rings is 1. The number of ether oxygens (including phenoxy) is 1. The predicted octanol–water partition coefficient (Wildman–Crippen LogP) is 5.93. The maximum atomic E-state index is 6.11. The first-order valence-corrected chi connectivity index (χ1v) is 8.28. The van der Waals surface area contributed by atoms with Gasteiger partial charge in [0.1, 0.15) is 11.4 Å². The number of azo groups is 1. The van der Waals surface area contributed by atoms with Crippen LogP contribution in [0.4, 0.5) is 11.5 Å². The van der Waals surface area contributed by atoms with E-state index < -0.39 is 0 Å². The molecule has 5 nitrogen and oxygen atoms in total. The van der Waals surface area contributed by atoms with E-state index in [1.807, 2.05) is 53.9 Å². The van der Waals surface area contributed by atoms with Crippen LogP contribution in [-0.4, -0.2) is 16.0 Å². The molecule has 6 heteroatoms. The van der Waals surface area contributed by atoms with Crippen molar-refractivity contribution in [2.45, 2.75) is 26.7 Å². The second-order valence-electron chi connectivity index (χ2n) is 5.68. The third-order valence-corrected chi connectivity index (χ3v) is 3.76. The number of pyridine rings is 1. The Hall–Kier alpha value is -2.40. The SMILES string of the molecule is CCOc1ccc(N=Nc2c(C(C)C)nc3ccc(Cl)cn23)cc1. The molecule has 2 aromatic heterocycles. The molecule has 0 aliphatic carbocycles. The fourth-order valence-electron chi connectivity index (χ4n) is 2.39. The molecule has 0 unspecified atom stereocenters. The first kappa shape index (κ1) is 16.5. The first-order chi connectivity index (χ1) is 11.6. The minimum Gasteiger partial charge on any atom is -0.494 e. The molecule has 0 saturated carbocycles. The number of hydrogen-bond acceptors (Lipinski definition) is 4. The Kier molecular flexibility index (Phi) is 4.81. The Morgan fingerprint density at radius 3 is 2.54 bits per heavy atom. The van der Waals surface area contributed by atoms with Crippen molar-refractivity contribution < 1.29 is 4.74 Å². The number of nitrogens with zero attached hydrogens (tertiary/aromatic N) is 4. The number of imidazole rings is 1. The van der Waals surface area contributed by atoms with E-state index in [9.17, 15) is 0 Å². The Morgan fingerprint density at radius 1 is 1.12 bits per heavy atom. The van der Waals surface area contributed by atoms with Gasteiger partial charge in [0.2, 0.25) is 0 Å². The summed E-state index contributed by atoms with van der Waals surface area (Å²) in [6.07, 6.45) is 1.81. The van der Waals surface area contributed by atoms with Crippen molar-refractivity contribution in [1.29, 1.82) is 0 Å². The van der Waals surface area contributed by atoms with Gasteiger partial charge in [0.15, 0.2) is 5.82 Å². The zero-order valence-corrected chi connectivity index (χ0v) is 14.7. The van der Waals surface area contributed by atoms with E-state index in [1.165, 1.54) is 0 Å². The molecule has 124 valence electrons. The monoisotopic (exact) mass is 342 g/mol. The zero-order chi connectivity index (χ0) is 17.1. The highest BCUT2D eigenvalue weighted by atomic mass is 35.5. The average molecular weight is 343 g/mol. The van der Waals surface area contributed by atoms with Crippen LogP contribution < -0.4 is 4.74 Å². The van der Waals surface area contributed by atoms with Gasteiger partial charge in [-0.05, 0) is 49.2 Å². The van der Waals surface area contributed by atoms with Crippen molar-refractivity contribution in [3.8, 4) is 5.75 Å². The molecule has 0 fully saturated rings. The number of hydrogen-bond donors (Lipinski definition) is 0. The Bertz CT molecular complexity index is 869. The van der Waals surface area contributed by atoms with Crippen LogP contribution >= 0.6 is 11.6 Å². The summed E-state index contributed by atoms with van der Waals surface area (Å²) in [7, 11) is 0. The number of fused-ring (bicyclic) bond motifs is 1. The largest absolute Gasteiger partial charge is 0.494 e. The molecular weight excluding hydrogens is 324 g/mol. The number of aromatic nitrogens is 2. The summed E-state index contributed by atoms with van der Waals surface area (Å²) in [5, 5.41) is 9.40. The Morgan fingerprint density at radius 2 is 1.88 bits per heavy atom. The van der Waals surface area contributed by atoms with Crippen LogP contribution in [0.25, 0.3) is 5.65 Å². The van der Waals surface area contributed by atoms with Gasteiger partial charge in [-0.3, -0.25) is 4.40 Å². The van der Waals surface area contributed by atoms with Crippen molar-refractivity contribution in [2.24, 2.45) is 10.2 Å². The minimum atomic E-state index is 0.234. The smallest absolute Gasteiger partial charge is 0.183 e. The summed E-state index contributed by atoms with van der Waals surface area (Å²) >= 11 is 6.11. The standard InChI is InChI=1S/C18H19ClN4O/c1-4-24-15-8-6-14(7-9-15)21-22-18-17(12(2)3)20-16-10-5-13(19)11-23(16)18/h5-12H,4H2,1-3H3. The molecule has 0 aliphatic rings. The lowest BCUT2D eigenvalue weighted by Gasteiger charge is -2.03. The van der Waals surface area contributed by atoms with Crippen molar-refractivity contribution in [1.82, 2.24) is 9.38 Å². The fourth-order valence-corrected chi connectivity index (χ4v) is 2.55. The molecule has 0 saturated heterocycles. The Balaban J connectivity index is 1.98. The molecule has 0 amide bonds. The molecule has 3 rings (SSSR count). The normalized spacial score (nSPS) is 11.7. The van der Waals surface area contributed by atoms with Crippen LogP contribution in [0.3, 0.4) is 0 Å². The van der Waals surface area contributed by atoms with Gasteiger partial charge in [0.25, 0.3) is 0 Å². The molecule has 24 heavy (non-hydrogen) atoms. The summed E-state index contributed by atoms with van der Waals surface area (Å²) in [6, 6.07) is 11.2. The van der Waals surface area contributed by atoms with E-state index in [4.69, 9.17) is 16.3 Å². The van der Waals surface area contributed by atoms with E-state index in [-0.39, 0.29) is 5.92 Å². The lowest BCUT2D eigenvalue weighted by molar-refractivity contribution is 0.340. The van der Waals surface area contributed by atoms with Crippen molar-refractivity contribution in [3.05, 3.63) is 53.3 Å². The summed E-state index contributed by atoms with van der Waals surface area (Å²) in [6.45, 7) is 6.76. The third-order valence-electron chi connectivity index (χ3n) is 3.54. The number of halogens is 1. The van der Waals surface area contributed by atoms with Crippen LogP contribution in [0, 0.1) is 0 Å². The molecule has 0 atom stereocenters. The Labute approximate surface area is 146 Å². The highest BCUT2D eigenvalue weighted by Gasteiger charge is 2.15. The average Bonchev–Trinajstić information content (AvgIpc) is 2.92. The van der Waals surface area contributed by atoms with Gasteiger partial charge < -0.3 is 4.74 Å². The second kappa shape index (κ2) is 7.01. The molecule has 0 bridgehead atoms. The maximum absolute atomic E-state index is 6.11. The first-order valence-electron chi connectivity index (χ1n) is 7.90. The van der Waals surface area contributed by atoms with Crippen LogP contribution in [0.2, 0.25) is 5.02 Å². The quantitative estimate of drug-likeness (QED) is 0.540. The fraction of sp³-hybridized carbons (Fsp3) is 0.278. The van der Waals surface area contributed by atoms with Gasteiger partial charge in [-0.1, -0.05) is 25.4 Å². The van der Waals surface area contributed by atoms with Crippen molar-refractivity contribution in [3.63, 3.8) is 0 Å². The van der Waals surface area contributed by atoms with Gasteiger partial charge in [0, 0.05) is 6.20 Å². The van der Waals surface area contributed by atoms with Gasteiger partial charge in [-0.15, -0.1) is 10.2 Å². The van der Waals surface area contributed by atoms with Crippen LogP contribution in [-0.2, 0) is 0 Å². The van der Waals surface area contributed by atoms with E-state index in [0.29, 0.717) is 17.4 Å². The van der Waals surface area contributed by atoms with Gasteiger partial charge >= 0.3 is 0 Å². The maximum Gasteiger partial charge on any atom is 0.183 e. The molecule has 3 aromatic rings. The molecule has 0 aliphatic heterocycles. The molecule has 0 spiro atoms. The molecular formula is C18H19ClN4O. The molecule has 0 radical (unpaired) electrons. The van der Waals surface area contributed by atoms with Crippen LogP contribution in [0.5, 0.6) is 5.75 Å². The predicted molar refractivity (Wildman–Crippen MR) is 96.1 cm³/mol. The van der Waals surface area contributed by atoms with Crippen LogP contribution in [0.1, 0.15) is 32.4 Å². The summed E-state index contributed by atoms with van der Waals surface area (Å²) in [5.74, 6) is 1.76. The van der Waals surface area contributed by atoms with Crippen LogP contribution in [0.15, 0.2) is 52.8 Å². The molecule has 2 heterocycles. The lowest BCUT2D eigenvalue weighted by Crippen LogP contribution is -1.89. The summed E-state index contributed by atoms with van der Waals surface area (Å²) in [4.78, 5) is 4.63. The van der Waals surface area contributed by atoms with Gasteiger partial charge in [0.05, 0.1) is 23.0 Å². The molecule has 0 N–H and O–H groups in total. The zero-order valence-electron chi connectivity index (χ0n) is 13.9.